The van der Waals surface area contributed by atoms with E-state index in [-0.39, 0.29) is 5.91 Å². The third-order valence-electron chi connectivity index (χ3n) is 5.36. The largest absolute Gasteiger partial charge is 0.493 e. The van der Waals surface area contributed by atoms with Crippen molar-refractivity contribution in [2.75, 3.05) is 12.4 Å². The first-order valence-electron chi connectivity index (χ1n) is 10.3. The highest BCUT2D eigenvalue weighted by atomic mass is 16.5. The van der Waals surface area contributed by atoms with Crippen LogP contribution < -0.4 is 19.5 Å². The molecule has 0 aromatic heterocycles. The van der Waals surface area contributed by atoms with Gasteiger partial charge in [0.05, 0.1) is 13.0 Å². The van der Waals surface area contributed by atoms with Crippen LogP contribution in [0.1, 0.15) is 17.0 Å². The molecule has 0 saturated carbocycles. The molecule has 0 fully saturated rings. The molecule has 158 valence electrons. The molecule has 5 rings (SSSR count). The minimum atomic E-state index is -0.458. The zero-order valence-electron chi connectivity index (χ0n) is 17.4. The summed E-state index contributed by atoms with van der Waals surface area (Å²) in [7, 11) is 1.60. The summed E-state index contributed by atoms with van der Waals surface area (Å²) < 4.78 is 17.2. The highest BCUT2D eigenvalue weighted by Crippen LogP contribution is 2.44. The maximum atomic E-state index is 13.3. The molecule has 1 heterocycles. The fraction of sp³-hybridized carbons (Fsp3) is 0.0741. The van der Waals surface area contributed by atoms with Gasteiger partial charge in [-0.3, -0.25) is 4.79 Å². The molecule has 0 atom stereocenters. The van der Waals surface area contributed by atoms with Crippen LogP contribution in [-0.4, -0.2) is 13.0 Å². The lowest BCUT2D eigenvalue weighted by Crippen LogP contribution is -2.25. The minimum absolute atomic E-state index is 0.119. The van der Waals surface area contributed by atoms with E-state index in [1.165, 1.54) is 0 Å². The van der Waals surface area contributed by atoms with Gasteiger partial charge in [-0.1, -0.05) is 48.5 Å². The summed E-state index contributed by atoms with van der Waals surface area (Å²) >= 11 is 0. The van der Waals surface area contributed by atoms with E-state index < -0.39 is 5.92 Å². The topological polar surface area (TPSA) is 56.8 Å². The molecule has 0 aliphatic carbocycles. The maximum Gasteiger partial charge on any atom is 0.236 e. The Hall–Kier alpha value is -4.25. The van der Waals surface area contributed by atoms with Gasteiger partial charge in [0.15, 0.2) is 11.5 Å². The summed E-state index contributed by atoms with van der Waals surface area (Å²) in [5.41, 5.74) is 2.38. The van der Waals surface area contributed by atoms with Crippen LogP contribution in [0.5, 0.6) is 28.7 Å². The molecule has 1 amide bonds. The Balaban J connectivity index is 1.37. The summed E-state index contributed by atoms with van der Waals surface area (Å²) in [6, 6.07) is 30.0. The van der Waals surface area contributed by atoms with Gasteiger partial charge < -0.3 is 19.5 Å². The Labute approximate surface area is 186 Å². The number of nitrogens with one attached hydrogen (secondary N) is 1. The molecule has 0 saturated heterocycles. The van der Waals surface area contributed by atoms with Gasteiger partial charge >= 0.3 is 0 Å². The highest BCUT2D eigenvalue weighted by molar-refractivity contribution is 5.99. The first-order valence-corrected chi connectivity index (χ1v) is 10.3. The second-order valence-electron chi connectivity index (χ2n) is 7.38. The number of methoxy groups -OCH3 is 1. The number of hydrogen-bond donors (Lipinski definition) is 1. The monoisotopic (exact) mass is 423 g/mol. The van der Waals surface area contributed by atoms with Gasteiger partial charge in [-0.05, 0) is 48.5 Å². The molecule has 0 unspecified atom stereocenters. The van der Waals surface area contributed by atoms with Crippen LogP contribution in [0, 0.1) is 0 Å². The van der Waals surface area contributed by atoms with Crippen LogP contribution >= 0.6 is 0 Å². The fourth-order valence-electron chi connectivity index (χ4n) is 3.84. The zero-order chi connectivity index (χ0) is 21.9. The van der Waals surface area contributed by atoms with Gasteiger partial charge in [0.25, 0.3) is 0 Å². The molecule has 1 aliphatic heterocycles. The third kappa shape index (κ3) is 3.76. The molecular formula is C27H21NO4. The van der Waals surface area contributed by atoms with E-state index >= 15 is 0 Å². The van der Waals surface area contributed by atoms with E-state index in [2.05, 4.69) is 5.32 Å². The molecule has 0 spiro atoms. The number of amides is 1. The van der Waals surface area contributed by atoms with Crippen LogP contribution in [0.15, 0.2) is 97.1 Å². The zero-order valence-corrected chi connectivity index (χ0v) is 17.4. The molecule has 1 N–H and O–H groups in total. The second kappa shape index (κ2) is 8.47. The van der Waals surface area contributed by atoms with E-state index in [0.717, 1.165) is 11.1 Å². The molecule has 4 aromatic rings. The number of hydrogen-bond acceptors (Lipinski definition) is 4. The lowest BCUT2D eigenvalue weighted by molar-refractivity contribution is -0.116. The van der Waals surface area contributed by atoms with Crippen molar-refractivity contribution < 1.29 is 19.0 Å². The Bertz CT molecular complexity index is 1220. The molecule has 5 heteroatoms. The Morgan fingerprint density at radius 2 is 1.31 bits per heavy atom. The van der Waals surface area contributed by atoms with Crippen LogP contribution in [-0.2, 0) is 4.79 Å². The fourth-order valence-corrected chi connectivity index (χ4v) is 3.84. The summed E-state index contributed by atoms with van der Waals surface area (Å²) in [5.74, 6) is 2.75. The average molecular weight is 423 g/mol. The van der Waals surface area contributed by atoms with Crippen LogP contribution in [0.25, 0.3) is 0 Å². The molecule has 1 aliphatic rings. The number of para-hydroxylation sites is 4. The Morgan fingerprint density at radius 3 is 1.94 bits per heavy atom. The van der Waals surface area contributed by atoms with Crippen molar-refractivity contribution in [2.45, 2.75) is 5.92 Å². The molecular weight excluding hydrogens is 402 g/mol. The first kappa shape index (κ1) is 19.7. The van der Waals surface area contributed by atoms with Crippen molar-refractivity contribution in [3.05, 3.63) is 108 Å². The molecule has 0 bridgehead atoms. The van der Waals surface area contributed by atoms with Crippen molar-refractivity contribution in [1.82, 2.24) is 0 Å². The lowest BCUT2D eigenvalue weighted by atomic mass is 9.87. The van der Waals surface area contributed by atoms with Crippen LogP contribution in [0.4, 0.5) is 5.69 Å². The van der Waals surface area contributed by atoms with Gasteiger partial charge in [-0.25, -0.2) is 0 Å². The minimum Gasteiger partial charge on any atom is -0.493 e. The summed E-state index contributed by atoms with van der Waals surface area (Å²) in [6.07, 6.45) is 0. The Morgan fingerprint density at radius 1 is 0.750 bits per heavy atom. The summed E-state index contributed by atoms with van der Waals surface area (Å²) in [5, 5.41) is 3.03. The average Bonchev–Trinajstić information content (AvgIpc) is 2.84. The van der Waals surface area contributed by atoms with Gasteiger partial charge in [-0.2, -0.15) is 0 Å². The highest BCUT2D eigenvalue weighted by Gasteiger charge is 2.32. The number of ether oxygens (including phenoxy) is 3. The van der Waals surface area contributed by atoms with Crippen LogP contribution in [0.2, 0.25) is 0 Å². The van der Waals surface area contributed by atoms with E-state index in [4.69, 9.17) is 14.2 Å². The van der Waals surface area contributed by atoms with Gasteiger partial charge in [0.2, 0.25) is 5.91 Å². The third-order valence-corrected chi connectivity index (χ3v) is 5.36. The van der Waals surface area contributed by atoms with Crippen molar-refractivity contribution in [1.29, 1.82) is 0 Å². The second-order valence-corrected chi connectivity index (χ2v) is 7.38. The number of benzene rings is 4. The maximum absolute atomic E-state index is 13.3. The number of fused-ring (bicyclic) bond motifs is 2. The number of carbonyl (C=O) groups excluding carboxylic acids is 1. The van der Waals surface area contributed by atoms with E-state index in [1.807, 2.05) is 97.1 Å². The van der Waals surface area contributed by atoms with Gasteiger partial charge in [0.1, 0.15) is 17.2 Å². The number of rotatable bonds is 5. The first-order chi connectivity index (χ1) is 15.7. The molecule has 4 aromatic carbocycles. The van der Waals surface area contributed by atoms with E-state index in [9.17, 15) is 4.79 Å². The van der Waals surface area contributed by atoms with Gasteiger partial charge in [-0.15, -0.1) is 0 Å². The lowest BCUT2D eigenvalue weighted by Gasteiger charge is -2.27. The summed E-state index contributed by atoms with van der Waals surface area (Å²) in [6.45, 7) is 0. The molecule has 0 radical (unpaired) electrons. The van der Waals surface area contributed by atoms with Gasteiger partial charge in [0, 0.05) is 16.8 Å². The van der Waals surface area contributed by atoms with Crippen molar-refractivity contribution in [3.63, 3.8) is 0 Å². The van der Waals surface area contributed by atoms with Crippen molar-refractivity contribution in [3.8, 4) is 28.7 Å². The molecule has 5 nitrogen and oxygen atoms in total. The number of anilines is 1. The summed E-state index contributed by atoms with van der Waals surface area (Å²) in [4.78, 5) is 13.3. The van der Waals surface area contributed by atoms with E-state index in [1.54, 1.807) is 7.11 Å². The predicted molar refractivity (Wildman–Crippen MR) is 123 cm³/mol. The number of carbonyl (C=O) groups is 1. The SMILES string of the molecule is COc1ccccc1Oc1ccc(NC(=O)C2c3ccccc3Oc3ccccc32)cc1. The smallest absolute Gasteiger partial charge is 0.236 e. The van der Waals surface area contributed by atoms with E-state index in [0.29, 0.717) is 34.4 Å². The predicted octanol–water partition coefficient (Wildman–Crippen LogP) is 6.36. The Kier molecular flexibility index (Phi) is 5.22. The van der Waals surface area contributed by atoms with Crippen molar-refractivity contribution in [2.24, 2.45) is 0 Å². The quantitative estimate of drug-likeness (QED) is 0.406. The molecule has 32 heavy (non-hydrogen) atoms. The van der Waals surface area contributed by atoms with Crippen LogP contribution in [0.3, 0.4) is 0 Å². The van der Waals surface area contributed by atoms with Crippen molar-refractivity contribution >= 4 is 11.6 Å². The normalized spacial score (nSPS) is 12.2. The standard InChI is InChI=1S/C27H21NO4/c1-30-24-12-6-7-13-25(24)31-19-16-14-18(15-17-19)28-27(29)26-20-8-2-4-10-22(20)32-23-11-5-3-9-21(23)26/h2-17,26H,1H3,(H,28,29).